The number of hydrogen-bond donors (Lipinski definition) is 1. The van der Waals surface area contributed by atoms with Crippen molar-refractivity contribution < 1.29 is 22.7 Å². The number of aliphatic hydroxyl groups excluding tert-OH is 1. The predicted molar refractivity (Wildman–Crippen MR) is 66.5 cm³/mol. The lowest BCUT2D eigenvalue weighted by Gasteiger charge is -2.16. The van der Waals surface area contributed by atoms with E-state index in [1.54, 1.807) is 0 Å². The van der Waals surface area contributed by atoms with E-state index in [2.05, 4.69) is 0 Å². The van der Waals surface area contributed by atoms with Gasteiger partial charge in [-0.3, -0.25) is 0 Å². The molecule has 1 atom stereocenters. The van der Waals surface area contributed by atoms with Crippen LogP contribution in [0.25, 0.3) is 0 Å². The van der Waals surface area contributed by atoms with Crippen molar-refractivity contribution in [2.75, 3.05) is 0 Å². The molecule has 0 aliphatic heterocycles. The van der Waals surface area contributed by atoms with E-state index in [4.69, 9.17) is 11.6 Å². The summed E-state index contributed by atoms with van der Waals surface area (Å²) in [4.78, 5) is 0. The monoisotopic (exact) mass is 304 g/mol. The Kier molecular flexibility index (Phi) is 4.01. The first-order valence-corrected chi connectivity index (χ1v) is 5.97. The van der Waals surface area contributed by atoms with Gasteiger partial charge in [0.2, 0.25) is 0 Å². The first-order valence-electron chi connectivity index (χ1n) is 5.60. The molecule has 1 nitrogen and oxygen atoms in total. The third kappa shape index (κ3) is 2.51. The van der Waals surface area contributed by atoms with Gasteiger partial charge in [0, 0.05) is 10.6 Å². The first kappa shape index (κ1) is 14.8. The molecule has 20 heavy (non-hydrogen) atoms. The van der Waals surface area contributed by atoms with Crippen LogP contribution in [0.5, 0.6) is 0 Å². The molecule has 0 aliphatic carbocycles. The van der Waals surface area contributed by atoms with Crippen LogP contribution in [0.4, 0.5) is 17.6 Å². The second-order valence-corrected chi connectivity index (χ2v) is 4.69. The van der Waals surface area contributed by atoms with Crippen LogP contribution in [0.1, 0.15) is 22.8 Å². The molecule has 0 spiro atoms. The average molecular weight is 305 g/mol. The van der Waals surface area contributed by atoms with Gasteiger partial charge < -0.3 is 5.11 Å². The highest BCUT2D eigenvalue weighted by Crippen LogP contribution is 2.33. The zero-order valence-electron chi connectivity index (χ0n) is 10.2. The van der Waals surface area contributed by atoms with Crippen molar-refractivity contribution in [1.29, 1.82) is 0 Å². The highest BCUT2D eigenvalue weighted by Gasteiger charge is 2.24. The van der Waals surface area contributed by atoms with E-state index in [0.29, 0.717) is 12.1 Å². The predicted octanol–water partition coefficient (Wildman–Crippen LogP) is 4.29. The van der Waals surface area contributed by atoms with Crippen molar-refractivity contribution in [1.82, 2.24) is 0 Å². The van der Waals surface area contributed by atoms with Gasteiger partial charge in [-0.1, -0.05) is 17.7 Å². The number of benzene rings is 2. The number of aliphatic hydroxyl groups is 1. The second-order valence-electron chi connectivity index (χ2n) is 4.28. The zero-order valence-corrected chi connectivity index (χ0v) is 11.0. The minimum atomic E-state index is -1.84. The van der Waals surface area contributed by atoms with Crippen LogP contribution in [0.15, 0.2) is 24.3 Å². The summed E-state index contributed by atoms with van der Waals surface area (Å²) in [6.45, 7) is 1.39. The molecule has 1 unspecified atom stereocenters. The van der Waals surface area contributed by atoms with E-state index in [0.717, 1.165) is 6.07 Å². The van der Waals surface area contributed by atoms with Gasteiger partial charge in [0.1, 0.15) is 17.7 Å². The summed E-state index contributed by atoms with van der Waals surface area (Å²) in [5, 5.41) is 9.70. The van der Waals surface area contributed by atoms with E-state index in [1.807, 2.05) is 0 Å². The summed E-state index contributed by atoms with van der Waals surface area (Å²) in [5.41, 5.74) is -0.856. The normalized spacial score (nSPS) is 12.6. The maximum atomic E-state index is 13.9. The topological polar surface area (TPSA) is 20.2 Å². The molecule has 0 heterocycles. The molecule has 2 aromatic carbocycles. The molecule has 0 saturated heterocycles. The van der Waals surface area contributed by atoms with Crippen LogP contribution >= 0.6 is 11.6 Å². The standard InChI is InChI=1S/C14H9ClF4O/c1-6-2-3-9(16)12(13(6)19)14(20)7-4-10(17)11(18)5-8(7)15/h2-5,14,20H,1H3. The van der Waals surface area contributed by atoms with Crippen molar-refractivity contribution in [2.24, 2.45) is 0 Å². The van der Waals surface area contributed by atoms with E-state index in [9.17, 15) is 22.7 Å². The maximum Gasteiger partial charge on any atom is 0.160 e. The Morgan fingerprint density at radius 1 is 1.00 bits per heavy atom. The second kappa shape index (κ2) is 5.42. The smallest absolute Gasteiger partial charge is 0.160 e. The fourth-order valence-corrected chi connectivity index (χ4v) is 2.09. The van der Waals surface area contributed by atoms with Crippen molar-refractivity contribution in [3.63, 3.8) is 0 Å². The van der Waals surface area contributed by atoms with E-state index >= 15 is 0 Å². The molecule has 2 rings (SSSR count). The lowest BCUT2D eigenvalue weighted by Crippen LogP contribution is -2.08. The summed E-state index contributed by atoms with van der Waals surface area (Å²) in [6, 6.07) is 3.43. The van der Waals surface area contributed by atoms with Gasteiger partial charge in [0.25, 0.3) is 0 Å². The highest BCUT2D eigenvalue weighted by molar-refractivity contribution is 6.31. The Hall–Kier alpha value is -1.59. The lowest BCUT2D eigenvalue weighted by atomic mass is 9.98. The molecule has 0 amide bonds. The van der Waals surface area contributed by atoms with Gasteiger partial charge in [-0.05, 0) is 30.7 Å². The summed E-state index contributed by atoms with van der Waals surface area (Å²) in [5.74, 6) is -4.44. The number of hydrogen-bond acceptors (Lipinski definition) is 1. The summed E-state index contributed by atoms with van der Waals surface area (Å²) < 4.78 is 53.7. The molecule has 0 fully saturated rings. The third-order valence-electron chi connectivity index (χ3n) is 2.93. The average Bonchev–Trinajstić information content (AvgIpc) is 2.38. The highest BCUT2D eigenvalue weighted by atomic mass is 35.5. The van der Waals surface area contributed by atoms with Crippen LogP contribution in [0.3, 0.4) is 0 Å². The Bertz CT molecular complexity index is 673. The fraction of sp³-hybridized carbons (Fsp3) is 0.143. The maximum absolute atomic E-state index is 13.9. The van der Waals surface area contributed by atoms with Crippen molar-refractivity contribution in [3.05, 3.63) is 69.2 Å². The van der Waals surface area contributed by atoms with Gasteiger partial charge in [-0.25, -0.2) is 17.6 Å². The van der Waals surface area contributed by atoms with Crippen LogP contribution in [0.2, 0.25) is 5.02 Å². The summed E-state index contributed by atoms with van der Waals surface area (Å²) in [7, 11) is 0. The molecular weight excluding hydrogens is 296 g/mol. The Morgan fingerprint density at radius 3 is 2.25 bits per heavy atom. The molecule has 0 bridgehead atoms. The summed E-state index contributed by atoms with van der Waals surface area (Å²) in [6.07, 6.45) is -1.84. The zero-order chi connectivity index (χ0) is 15.0. The molecule has 1 N–H and O–H groups in total. The fourth-order valence-electron chi connectivity index (χ4n) is 1.83. The van der Waals surface area contributed by atoms with Crippen LogP contribution in [0, 0.1) is 30.2 Å². The Labute approximate surface area is 117 Å². The van der Waals surface area contributed by atoms with Crippen molar-refractivity contribution >= 4 is 11.6 Å². The van der Waals surface area contributed by atoms with E-state index in [-0.39, 0.29) is 16.1 Å². The minimum Gasteiger partial charge on any atom is -0.383 e. The third-order valence-corrected chi connectivity index (χ3v) is 3.25. The number of halogens is 5. The molecule has 0 saturated carbocycles. The van der Waals surface area contributed by atoms with Crippen molar-refractivity contribution in [3.8, 4) is 0 Å². The SMILES string of the molecule is Cc1ccc(F)c(C(O)c2cc(F)c(F)cc2Cl)c1F. The largest absolute Gasteiger partial charge is 0.383 e. The van der Waals surface area contributed by atoms with Crippen LogP contribution < -0.4 is 0 Å². The minimum absolute atomic E-state index is 0.110. The Morgan fingerprint density at radius 2 is 1.60 bits per heavy atom. The molecule has 6 heteroatoms. The molecule has 2 aromatic rings. The molecule has 106 valence electrons. The quantitative estimate of drug-likeness (QED) is 0.648. The van der Waals surface area contributed by atoms with Gasteiger partial charge in [-0.15, -0.1) is 0 Å². The van der Waals surface area contributed by atoms with Crippen molar-refractivity contribution in [2.45, 2.75) is 13.0 Å². The summed E-state index contributed by atoms with van der Waals surface area (Å²) >= 11 is 5.68. The van der Waals surface area contributed by atoms with Crippen LogP contribution in [-0.2, 0) is 0 Å². The number of rotatable bonds is 2. The van der Waals surface area contributed by atoms with E-state index < -0.39 is 34.9 Å². The number of aryl methyl sites for hydroxylation is 1. The molecule has 0 radical (unpaired) electrons. The van der Waals surface area contributed by atoms with E-state index in [1.165, 1.54) is 13.0 Å². The molecule has 0 aliphatic rings. The first-order chi connectivity index (χ1) is 9.32. The Balaban J connectivity index is 2.60. The molecular formula is C14H9ClF4O. The lowest BCUT2D eigenvalue weighted by molar-refractivity contribution is 0.208. The van der Waals surface area contributed by atoms with Gasteiger partial charge in [-0.2, -0.15) is 0 Å². The van der Waals surface area contributed by atoms with Gasteiger partial charge in [0.05, 0.1) is 5.56 Å². The molecule has 0 aromatic heterocycles. The van der Waals surface area contributed by atoms with Crippen LogP contribution in [-0.4, -0.2) is 5.11 Å². The van der Waals surface area contributed by atoms with Gasteiger partial charge in [0.15, 0.2) is 11.6 Å². The van der Waals surface area contributed by atoms with Gasteiger partial charge >= 0.3 is 0 Å².